The second-order valence-corrected chi connectivity index (χ2v) is 4.60. The lowest BCUT2D eigenvalue weighted by molar-refractivity contribution is 0.546. The number of anilines is 1. The third kappa shape index (κ3) is 2.39. The molecule has 17 heavy (non-hydrogen) atoms. The van der Waals surface area contributed by atoms with Crippen molar-refractivity contribution < 1.29 is 0 Å². The van der Waals surface area contributed by atoms with E-state index in [1.54, 1.807) is 0 Å². The SMILES string of the molecule is CC(CN)Nc1cnc2c(cnn2C(C)C)c1. The van der Waals surface area contributed by atoms with Crippen molar-refractivity contribution in [2.75, 3.05) is 11.9 Å². The summed E-state index contributed by atoms with van der Waals surface area (Å²) in [6.07, 6.45) is 3.68. The van der Waals surface area contributed by atoms with Crippen LogP contribution in [0.25, 0.3) is 11.0 Å². The number of aromatic nitrogens is 3. The smallest absolute Gasteiger partial charge is 0.158 e. The average Bonchev–Trinajstić information content (AvgIpc) is 2.71. The van der Waals surface area contributed by atoms with Crippen molar-refractivity contribution in [2.24, 2.45) is 5.73 Å². The Labute approximate surface area is 101 Å². The van der Waals surface area contributed by atoms with Crippen molar-refractivity contribution in [3.63, 3.8) is 0 Å². The van der Waals surface area contributed by atoms with Gasteiger partial charge in [0.25, 0.3) is 0 Å². The summed E-state index contributed by atoms with van der Waals surface area (Å²) in [5.41, 5.74) is 7.48. The summed E-state index contributed by atoms with van der Waals surface area (Å²) in [6, 6.07) is 2.62. The molecule has 2 heterocycles. The van der Waals surface area contributed by atoms with Gasteiger partial charge in [0, 0.05) is 24.0 Å². The number of nitrogens with one attached hydrogen (secondary N) is 1. The van der Waals surface area contributed by atoms with E-state index in [2.05, 4.69) is 35.3 Å². The second-order valence-electron chi connectivity index (χ2n) is 4.60. The fourth-order valence-electron chi connectivity index (χ4n) is 1.74. The lowest BCUT2D eigenvalue weighted by atomic mass is 10.3. The number of fused-ring (bicyclic) bond motifs is 1. The first-order valence-corrected chi connectivity index (χ1v) is 5.91. The molecule has 2 aromatic rings. The lowest BCUT2D eigenvalue weighted by Crippen LogP contribution is -2.25. The van der Waals surface area contributed by atoms with E-state index < -0.39 is 0 Å². The number of nitrogens with zero attached hydrogens (tertiary/aromatic N) is 3. The van der Waals surface area contributed by atoms with E-state index in [0.29, 0.717) is 12.6 Å². The first-order chi connectivity index (χ1) is 8.11. The summed E-state index contributed by atoms with van der Waals surface area (Å²) in [6.45, 7) is 6.83. The van der Waals surface area contributed by atoms with Crippen LogP contribution in [0.15, 0.2) is 18.5 Å². The Bertz CT molecular complexity index is 503. The molecule has 1 unspecified atom stereocenters. The van der Waals surface area contributed by atoms with Gasteiger partial charge in [-0.05, 0) is 26.8 Å². The van der Waals surface area contributed by atoms with Crippen LogP contribution in [0.2, 0.25) is 0 Å². The van der Waals surface area contributed by atoms with Crippen molar-refractivity contribution in [1.82, 2.24) is 14.8 Å². The molecular weight excluding hydrogens is 214 g/mol. The molecule has 5 heteroatoms. The van der Waals surface area contributed by atoms with Crippen LogP contribution in [0, 0.1) is 0 Å². The maximum absolute atomic E-state index is 5.58. The molecule has 0 radical (unpaired) electrons. The molecule has 0 spiro atoms. The fourth-order valence-corrected chi connectivity index (χ4v) is 1.74. The molecule has 2 aromatic heterocycles. The first-order valence-electron chi connectivity index (χ1n) is 5.91. The van der Waals surface area contributed by atoms with Gasteiger partial charge >= 0.3 is 0 Å². The van der Waals surface area contributed by atoms with E-state index in [0.717, 1.165) is 16.7 Å². The molecule has 92 valence electrons. The van der Waals surface area contributed by atoms with Crippen LogP contribution in [-0.2, 0) is 0 Å². The Balaban J connectivity index is 2.33. The minimum absolute atomic E-state index is 0.245. The van der Waals surface area contributed by atoms with E-state index in [1.807, 2.05) is 24.0 Å². The molecule has 0 aliphatic rings. The predicted octanol–water partition coefficient (Wildman–Crippen LogP) is 1.77. The second kappa shape index (κ2) is 4.71. The summed E-state index contributed by atoms with van der Waals surface area (Å²) in [4.78, 5) is 4.45. The molecule has 0 aliphatic carbocycles. The van der Waals surface area contributed by atoms with E-state index in [9.17, 15) is 0 Å². The van der Waals surface area contributed by atoms with Gasteiger partial charge in [-0.15, -0.1) is 0 Å². The lowest BCUT2D eigenvalue weighted by Gasteiger charge is -2.12. The molecule has 0 saturated heterocycles. The summed E-state index contributed by atoms with van der Waals surface area (Å²) in [5, 5.41) is 8.68. The zero-order valence-corrected chi connectivity index (χ0v) is 10.5. The average molecular weight is 233 g/mol. The number of hydrogen-bond donors (Lipinski definition) is 2. The van der Waals surface area contributed by atoms with Crippen molar-refractivity contribution in [2.45, 2.75) is 32.9 Å². The maximum Gasteiger partial charge on any atom is 0.158 e. The van der Waals surface area contributed by atoms with Gasteiger partial charge in [-0.2, -0.15) is 5.10 Å². The molecule has 2 rings (SSSR count). The van der Waals surface area contributed by atoms with Crippen molar-refractivity contribution in [3.8, 4) is 0 Å². The van der Waals surface area contributed by atoms with Gasteiger partial charge in [0.15, 0.2) is 5.65 Å². The molecular formula is C12H19N5. The largest absolute Gasteiger partial charge is 0.380 e. The van der Waals surface area contributed by atoms with Gasteiger partial charge in [0.05, 0.1) is 18.1 Å². The number of pyridine rings is 1. The van der Waals surface area contributed by atoms with Crippen molar-refractivity contribution >= 4 is 16.7 Å². The number of nitrogens with two attached hydrogens (primary N) is 1. The number of hydrogen-bond acceptors (Lipinski definition) is 4. The van der Waals surface area contributed by atoms with Gasteiger partial charge in [-0.25, -0.2) is 9.67 Å². The van der Waals surface area contributed by atoms with Gasteiger partial charge < -0.3 is 11.1 Å². The summed E-state index contributed by atoms with van der Waals surface area (Å²) in [5.74, 6) is 0. The molecule has 5 nitrogen and oxygen atoms in total. The highest BCUT2D eigenvalue weighted by Crippen LogP contribution is 2.19. The monoisotopic (exact) mass is 233 g/mol. The molecule has 0 aromatic carbocycles. The highest BCUT2D eigenvalue weighted by molar-refractivity contribution is 5.78. The van der Waals surface area contributed by atoms with Gasteiger partial charge in [-0.3, -0.25) is 0 Å². The minimum atomic E-state index is 0.245. The third-order valence-electron chi connectivity index (χ3n) is 2.69. The van der Waals surface area contributed by atoms with E-state index in [4.69, 9.17) is 5.73 Å². The maximum atomic E-state index is 5.58. The van der Waals surface area contributed by atoms with E-state index in [1.165, 1.54) is 0 Å². The predicted molar refractivity (Wildman–Crippen MR) is 70.1 cm³/mol. The standard InChI is InChI=1S/C12H19N5/c1-8(2)17-12-10(6-15-17)4-11(7-14-12)16-9(3)5-13/h4,6-9,16H,5,13H2,1-3H3. The number of rotatable bonds is 4. The van der Waals surface area contributed by atoms with E-state index >= 15 is 0 Å². The van der Waals surface area contributed by atoms with Crippen LogP contribution in [0.4, 0.5) is 5.69 Å². The highest BCUT2D eigenvalue weighted by Gasteiger charge is 2.08. The first kappa shape index (κ1) is 11.9. The van der Waals surface area contributed by atoms with Crippen molar-refractivity contribution in [3.05, 3.63) is 18.5 Å². The van der Waals surface area contributed by atoms with Gasteiger partial charge in [-0.1, -0.05) is 0 Å². The van der Waals surface area contributed by atoms with Crippen LogP contribution in [0.5, 0.6) is 0 Å². The van der Waals surface area contributed by atoms with Crippen LogP contribution >= 0.6 is 0 Å². The molecule has 0 amide bonds. The summed E-state index contributed by atoms with van der Waals surface area (Å²) >= 11 is 0. The van der Waals surface area contributed by atoms with Gasteiger partial charge in [0.2, 0.25) is 0 Å². The molecule has 0 fully saturated rings. The Kier molecular flexibility index (Phi) is 3.28. The Morgan fingerprint density at radius 1 is 1.35 bits per heavy atom. The summed E-state index contributed by atoms with van der Waals surface area (Å²) < 4.78 is 1.92. The van der Waals surface area contributed by atoms with Crippen LogP contribution in [-0.4, -0.2) is 27.4 Å². The molecule has 0 bridgehead atoms. The highest BCUT2D eigenvalue weighted by atomic mass is 15.3. The third-order valence-corrected chi connectivity index (χ3v) is 2.69. The van der Waals surface area contributed by atoms with Crippen LogP contribution in [0.3, 0.4) is 0 Å². The zero-order chi connectivity index (χ0) is 12.4. The normalized spacial score (nSPS) is 13.2. The van der Waals surface area contributed by atoms with E-state index in [-0.39, 0.29) is 6.04 Å². The molecule has 0 aliphatic heterocycles. The summed E-state index contributed by atoms with van der Waals surface area (Å²) in [7, 11) is 0. The van der Waals surface area contributed by atoms with Gasteiger partial charge in [0.1, 0.15) is 0 Å². The van der Waals surface area contributed by atoms with Crippen LogP contribution in [0.1, 0.15) is 26.8 Å². The minimum Gasteiger partial charge on any atom is -0.380 e. The fraction of sp³-hybridized carbons (Fsp3) is 0.500. The van der Waals surface area contributed by atoms with Crippen molar-refractivity contribution in [1.29, 1.82) is 0 Å². The molecule has 0 saturated carbocycles. The topological polar surface area (TPSA) is 68.8 Å². The Morgan fingerprint density at radius 3 is 2.76 bits per heavy atom. The molecule has 1 atom stereocenters. The molecule has 3 N–H and O–H groups in total. The van der Waals surface area contributed by atoms with Crippen LogP contribution < -0.4 is 11.1 Å². The zero-order valence-electron chi connectivity index (χ0n) is 10.5. The Morgan fingerprint density at radius 2 is 2.12 bits per heavy atom. The quantitative estimate of drug-likeness (QED) is 0.844. The Hall–Kier alpha value is -1.62.